The summed E-state index contributed by atoms with van der Waals surface area (Å²) in [5.74, 6) is 0.811. The fraction of sp³-hybridized carbons (Fsp3) is 1.00. The molecular weight excluding hydrogens is 172 g/mol. The molecule has 14 heavy (non-hydrogen) atoms. The Labute approximate surface area is 87.8 Å². The van der Waals surface area contributed by atoms with Crippen LogP contribution >= 0.6 is 0 Å². The van der Waals surface area contributed by atoms with Crippen LogP contribution in [0.15, 0.2) is 0 Å². The van der Waals surface area contributed by atoms with Crippen molar-refractivity contribution in [1.82, 2.24) is 4.90 Å². The van der Waals surface area contributed by atoms with E-state index < -0.39 is 0 Å². The van der Waals surface area contributed by atoms with Gasteiger partial charge >= 0.3 is 0 Å². The molecule has 0 unspecified atom stereocenters. The fourth-order valence-corrected chi connectivity index (χ4v) is 2.98. The highest BCUT2D eigenvalue weighted by Crippen LogP contribution is 2.40. The summed E-state index contributed by atoms with van der Waals surface area (Å²) in [7, 11) is 0. The van der Waals surface area contributed by atoms with Crippen molar-refractivity contribution in [2.45, 2.75) is 57.5 Å². The average Bonchev–Trinajstić information content (AvgIpc) is 2.14. The van der Waals surface area contributed by atoms with Crippen LogP contribution in [0.25, 0.3) is 0 Å². The maximum absolute atomic E-state index is 6.38. The molecule has 0 aromatic rings. The Bertz CT molecular complexity index is 188. The second-order valence-electron chi connectivity index (χ2n) is 5.49. The largest absolute Gasteiger partial charge is 0.325 e. The number of nitrogens with zero attached hydrogens (tertiary/aromatic N) is 1. The van der Waals surface area contributed by atoms with E-state index in [0.29, 0.717) is 6.04 Å². The van der Waals surface area contributed by atoms with E-state index in [1.807, 2.05) is 0 Å². The van der Waals surface area contributed by atoms with Gasteiger partial charge in [0.1, 0.15) is 0 Å². The quantitative estimate of drug-likeness (QED) is 0.732. The number of hydrogen-bond donors (Lipinski definition) is 1. The van der Waals surface area contributed by atoms with Gasteiger partial charge in [-0.25, -0.2) is 0 Å². The van der Waals surface area contributed by atoms with Crippen molar-refractivity contribution in [3.63, 3.8) is 0 Å². The molecular formula is C12H24N2. The first kappa shape index (κ1) is 10.4. The highest BCUT2D eigenvalue weighted by Gasteiger charge is 2.41. The van der Waals surface area contributed by atoms with Crippen LogP contribution in [0, 0.1) is 5.92 Å². The van der Waals surface area contributed by atoms with Gasteiger partial charge in [-0.15, -0.1) is 0 Å². The van der Waals surface area contributed by atoms with E-state index in [1.54, 1.807) is 0 Å². The van der Waals surface area contributed by atoms with Gasteiger partial charge in [-0.05, 0) is 65.0 Å². The molecule has 1 saturated carbocycles. The minimum atomic E-state index is 0.239. The van der Waals surface area contributed by atoms with Crippen molar-refractivity contribution in [3.05, 3.63) is 0 Å². The lowest BCUT2D eigenvalue weighted by molar-refractivity contribution is 0.0676. The maximum Gasteiger partial charge on any atom is 0.0183 e. The zero-order valence-electron chi connectivity index (χ0n) is 9.63. The first-order chi connectivity index (χ1) is 6.62. The summed E-state index contributed by atoms with van der Waals surface area (Å²) in [6.07, 6.45) is 6.57. The van der Waals surface area contributed by atoms with Crippen LogP contribution in [-0.4, -0.2) is 29.6 Å². The normalized spacial score (nSPS) is 29.1. The summed E-state index contributed by atoms with van der Waals surface area (Å²) in [4.78, 5) is 2.58. The summed E-state index contributed by atoms with van der Waals surface area (Å²) in [6, 6.07) is 0.714. The molecule has 2 aliphatic rings. The van der Waals surface area contributed by atoms with E-state index in [4.69, 9.17) is 5.73 Å². The molecule has 0 aromatic heterocycles. The molecule has 0 amide bonds. The molecule has 0 bridgehead atoms. The molecule has 2 nitrogen and oxygen atoms in total. The van der Waals surface area contributed by atoms with Crippen molar-refractivity contribution in [2.75, 3.05) is 13.1 Å². The van der Waals surface area contributed by atoms with E-state index in [1.165, 1.54) is 45.2 Å². The Balaban J connectivity index is 1.84. The van der Waals surface area contributed by atoms with Gasteiger partial charge in [0.05, 0.1) is 0 Å². The summed E-state index contributed by atoms with van der Waals surface area (Å²) >= 11 is 0. The third-order valence-corrected chi connectivity index (χ3v) is 4.36. The summed E-state index contributed by atoms with van der Waals surface area (Å²) < 4.78 is 0. The monoisotopic (exact) mass is 196 g/mol. The molecule has 1 aliphatic carbocycles. The minimum absolute atomic E-state index is 0.239. The lowest BCUT2D eigenvalue weighted by Gasteiger charge is -2.48. The first-order valence-corrected chi connectivity index (χ1v) is 6.15. The Hall–Kier alpha value is -0.0800. The van der Waals surface area contributed by atoms with Crippen LogP contribution in [0.3, 0.4) is 0 Å². The molecule has 0 aromatic carbocycles. The third kappa shape index (κ3) is 1.82. The van der Waals surface area contributed by atoms with Gasteiger partial charge in [0.2, 0.25) is 0 Å². The van der Waals surface area contributed by atoms with Gasteiger partial charge in [0.15, 0.2) is 0 Å². The van der Waals surface area contributed by atoms with E-state index >= 15 is 0 Å². The van der Waals surface area contributed by atoms with Gasteiger partial charge in [-0.2, -0.15) is 0 Å². The molecule has 2 fully saturated rings. The molecule has 2 N–H and O–H groups in total. The summed E-state index contributed by atoms with van der Waals surface area (Å²) in [5.41, 5.74) is 6.62. The van der Waals surface area contributed by atoms with E-state index in [-0.39, 0.29) is 5.54 Å². The fourth-order valence-electron chi connectivity index (χ4n) is 2.98. The van der Waals surface area contributed by atoms with Crippen LogP contribution in [0.4, 0.5) is 0 Å². The molecule has 0 atom stereocenters. The SMILES string of the molecule is CC(C)N1CCC(C2(N)CCC2)CC1. The van der Waals surface area contributed by atoms with Gasteiger partial charge in [-0.3, -0.25) is 0 Å². The van der Waals surface area contributed by atoms with Gasteiger partial charge < -0.3 is 10.6 Å². The Morgan fingerprint density at radius 1 is 1.21 bits per heavy atom. The molecule has 2 heteroatoms. The molecule has 1 heterocycles. The van der Waals surface area contributed by atoms with E-state index in [9.17, 15) is 0 Å². The number of likely N-dealkylation sites (tertiary alicyclic amines) is 1. The zero-order chi connectivity index (χ0) is 10.2. The van der Waals surface area contributed by atoms with Crippen molar-refractivity contribution in [3.8, 4) is 0 Å². The number of nitrogens with two attached hydrogens (primary N) is 1. The van der Waals surface area contributed by atoms with Crippen LogP contribution < -0.4 is 5.73 Å². The van der Waals surface area contributed by atoms with E-state index in [0.717, 1.165) is 5.92 Å². The van der Waals surface area contributed by atoms with Crippen LogP contribution in [0.1, 0.15) is 46.0 Å². The highest BCUT2D eigenvalue weighted by atomic mass is 15.2. The topological polar surface area (TPSA) is 29.3 Å². The zero-order valence-corrected chi connectivity index (χ0v) is 9.63. The van der Waals surface area contributed by atoms with Crippen molar-refractivity contribution >= 4 is 0 Å². The molecule has 2 rings (SSSR count). The third-order valence-electron chi connectivity index (χ3n) is 4.36. The predicted molar refractivity (Wildman–Crippen MR) is 60.2 cm³/mol. The minimum Gasteiger partial charge on any atom is -0.325 e. The second kappa shape index (κ2) is 3.82. The predicted octanol–water partition coefficient (Wildman–Crippen LogP) is 1.99. The smallest absolute Gasteiger partial charge is 0.0183 e. The lowest BCUT2D eigenvalue weighted by Crippen LogP contribution is -2.56. The van der Waals surface area contributed by atoms with Crippen LogP contribution in [0.5, 0.6) is 0 Å². The van der Waals surface area contributed by atoms with Crippen molar-refractivity contribution in [1.29, 1.82) is 0 Å². The molecule has 0 radical (unpaired) electrons. The van der Waals surface area contributed by atoms with Crippen molar-refractivity contribution < 1.29 is 0 Å². The number of piperidine rings is 1. The lowest BCUT2D eigenvalue weighted by atomic mass is 9.66. The Morgan fingerprint density at radius 2 is 1.79 bits per heavy atom. The second-order valence-corrected chi connectivity index (χ2v) is 5.49. The van der Waals surface area contributed by atoms with Crippen LogP contribution in [0.2, 0.25) is 0 Å². The standard InChI is InChI=1S/C12H24N2/c1-10(2)14-8-4-11(5-9-14)12(13)6-3-7-12/h10-11H,3-9,13H2,1-2H3. The maximum atomic E-state index is 6.38. The van der Waals surface area contributed by atoms with E-state index in [2.05, 4.69) is 18.7 Å². The van der Waals surface area contributed by atoms with Gasteiger partial charge in [0.25, 0.3) is 0 Å². The Kier molecular flexibility index (Phi) is 2.85. The first-order valence-electron chi connectivity index (χ1n) is 6.15. The number of hydrogen-bond acceptors (Lipinski definition) is 2. The molecule has 0 spiro atoms. The highest BCUT2D eigenvalue weighted by molar-refractivity contribution is 4.99. The van der Waals surface area contributed by atoms with Crippen LogP contribution in [-0.2, 0) is 0 Å². The number of rotatable bonds is 2. The Morgan fingerprint density at radius 3 is 2.14 bits per heavy atom. The van der Waals surface area contributed by atoms with Gasteiger partial charge in [-0.1, -0.05) is 0 Å². The van der Waals surface area contributed by atoms with Gasteiger partial charge in [0, 0.05) is 11.6 Å². The van der Waals surface area contributed by atoms with Crippen molar-refractivity contribution in [2.24, 2.45) is 11.7 Å². The average molecular weight is 196 g/mol. The molecule has 1 aliphatic heterocycles. The molecule has 82 valence electrons. The molecule has 1 saturated heterocycles. The summed E-state index contributed by atoms with van der Waals surface area (Å²) in [5, 5.41) is 0. The summed E-state index contributed by atoms with van der Waals surface area (Å²) in [6.45, 7) is 7.12.